The standard InChI is InChI=1S/C14H18N2O2/c1-9(2)12(7-14(17)18)16-13-6-10(3)4-5-11(13)8-15/h4-6,9,12,16H,7H2,1-3H3,(H,17,18). The van der Waals surface area contributed by atoms with Crippen LogP contribution >= 0.6 is 0 Å². The second-order valence-electron chi connectivity index (χ2n) is 4.75. The van der Waals surface area contributed by atoms with E-state index in [4.69, 9.17) is 10.4 Å². The van der Waals surface area contributed by atoms with Crippen molar-refractivity contribution >= 4 is 11.7 Å². The van der Waals surface area contributed by atoms with Crippen LogP contribution in [0, 0.1) is 24.2 Å². The van der Waals surface area contributed by atoms with E-state index in [-0.39, 0.29) is 18.4 Å². The topological polar surface area (TPSA) is 73.1 Å². The van der Waals surface area contributed by atoms with Crippen molar-refractivity contribution in [3.63, 3.8) is 0 Å². The maximum absolute atomic E-state index is 10.8. The minimum atomic E-state index is -0.840. The van der Waals surface area contributed by atoms with Crippen LogP contribution in [-0.2, 0) is 4.79 Å². The van der Waals surface area contributed by atoms with Crippen molar-refractivity contribution < 1.29 is 9.90 Å². The molecule has 0 aliphatic rings. The first-order valence-corrected chi connectivity index (χ1v) is 5.93. The molecule has 18 heavy (non-hydrogen) atoms. The zero-order valence-corrected chi connectivity index (χ0v) is 10.9. The summed E-state index contributed by atoms with van der Waals surface area (Å²) in [7, 11) is 0. The Morgan fingerprint density at radius 1 is 1.50 bits per heavy atom. The van der Waals surface area contributed by atoms with Crippen LogP contribution in [0.5, 0.6) is 0 Å². The van der Waals surface area contributed by atoms with E-state index in [0.29, 0.717) is 11.3 Å². The summed E-state index contributed by atoms with van der Waals surface area (Å²) < 4.78 is 0. The molecule has 1 atom stereocenters. The third-order valence-electron chi connectivity index (χ3n) is 2.84. The molecule has 0 aromatic heterocycles. The molecule has 1 unspecified atom stereocenters. The van der Waals surface area contributed by atoms with Crippen molar-refractivity contribution in [2.24, 2.45) is 5.92 Å². The Morgan fingerprint density at radius 3 is 2.67 bits per heavy atom. The number of carboxylic acid groups (broad SMARTS) is 1. The number of aliphatic carboxylic acids is 1. The molecule has 0 amide bonds. The molecular formula is C14H18N2O2. The van der Waals surface area contributed by atoms with Gasteiger partial charge in [-0.25, -0.2) is 0 Å². The molecule has 1 rings (SSSR count). The first-order valence-electron chi connectivity index (χ1n) is 5.93. The summed E-state index contributed by atoms with van der Waals surface area (Å²) in [4.78, 5) is 10.8. The van der Waals surface area contributed by atoms with E-state index in [1.165, 1.54) is 0 Å². The number of benzene rings is 1. The van der Waals surface area contributed by atoms with Crippen molar-refractivity contribution in [3.05, 3.63) is 29.3 Å². The number of hydrogen-bond donors (Lipinski definition) is 2. The molecule has 1 aromatic carbocycles. The third kappa shape index (κ3) is 3.77. The molecule has 0 saturated carbocycles. The van der Waals surface area contributed by atoms with E-state index in [1.807, 2.05) is 32.9 Å². The number of nitrogens with zero attached hydrogens (tertiary/aromatic N) is 1. The van der Waals surface area contributed by atoms with Crippen molar-refractivity contribution in [2.75, 3.05) is 5.32 Å². The van der Waals surface area contributed by atoms with Crippen LogP contribution < -0.4 is 5.32 Å². The molecule has 0 radical (unpaired) electrons. The SMILES string of the molecule is Cc1ccc(C#N)c(NC(CC(=O)O)C(C)C)c1. The van der Waals surface area contributed by atoms with Crippen LogP contribution in [0.2, 0.25) is 0 Å². The number of carboxylic acids is 1. The average Bonchev–Trinajstić information content (AvgIpc) is 2.27. The van der Waals surface area contributed by atoms with Gasteiger partial charge in [-0.15, -0.1) is 0 Å². The van der Waals surface area contributed by atoms with Gasteiger partial charge >= 0.3 is 5.97 Å². The number of hydrogen-bond acceptors (Lipinski definition) is 3. The summed E-state index contributed by atoms with van der Waals surface area (Å²) in [5.74, 6) is -0.666. The van der Waals surface area contributed by atoms with E-state index in [0.717, 1.165) is 5.56 Å². The quantitative estimate of drug-likeness (QED) is 0.837. The van der Waals surface area contributed by atoms with Gasteiger partial charge < -0.3 is 10.4 Å². The smallest absolute Gasteiger partial charge is 0.305 e. The van der Waals surface area contributed by atoms with Gasteiger partial charge in [0, 0.05) is 6.04 Å². The lowest BCUT2D eigenvalue weighted by molar-refractivity contribution is -0.137. The molecule has 0 aliphatic carbocycles. The Labute approximate surface area is 107 Å². The van der Waals surface area contributed by atoms with Crippen LogP contribution in [-0.4, -0.2) is 17.1 Å². The van der Waals surface area contributed by atoms with Gasteiger partial charge in [0.15, 0.2) is 0 Å². The molecular weight excluding hydrogens is 228 g/mol. The molecule has 0 bridgehead atoms. The number of aryl methyl sites for hydroxylation is 1. The van der Waals surface area contributed by atoms with E-state index in [2.05, 4.69) is 11.4 Å². The maximum Gasteiger partial charge on any atom is 0.305 e. The molecule has 96 valence electrons. The molecule has 4 heteroatoms. The fourth-order valence-corrected chi connectivity index (χ4v) is 1.72. The lowest BCUT2D eigenvalue weighted by Crippen LogP contribution is -2.28. The molecule has 0 spiro atoms. The highest BCUT2D eigenvalue weighted by atomic mass is 16.4. The van der Waals surface area contributed by atoms with E-state index in [9.17, 15) is 4.79 Å². The molecule has 0 heterocycles. The molecule has 4 nitrogen and oxygen atoms in total. The Morgan fingerprint density at radius 2 is 2.17 bits per heavy atom. The van der Waals surface area contributed by atoms with Gasteiger partial charge in [-0.3, -0.25) is 4.79 Å². The Balaban J connectivity index is 2.96. The third-order valence-corrected chi connectivity index (χ3v) is 2.84. The highest BCUT2D eigenvalue weighted by molar-refractivity contribution is 5.69. The maximum atomic E-state index is 10.8. The largest absolute Gasteiger partial charge is 0.481 e. The summed E-state index contributed by atoms with van der Waals surface area (Å²) in [5, 5.41) is 21.1. The van der Waals surface area contributed by atoms with Crippen LogP contribution in [0.1, 0.15) is 31.4 Å². The molecule has 1 aromatic rings. The zero-order chi connectivity index (χ0) is 13.7. The van der Waals surface area contributed by atoms with Gasteiger partial charge in [-0.05, 0) is 30.5 Å². The summed E-state index contributed by atoms with van der Waals surface area (Å²) in [5.41, 5.74) is 2.28. The summed E-state index contributed by atoms with van der Waals surface area (Å²) >= 11 is 0. The van der Waals surface area contributed by atoms with Crippen LogP contribution in [0.15, 0.2) is 18.2 Å². The van der Waals surface area contributed by atoms with Gasteiger partial charge in [0.2, 0.25) is 0 Å². The summed E-state index contributed by atoms with van der Waals surface area (Å²) in [6.45, 7) is 5.86. The van der Waals surface area contributed by atoms with E-state index in [1.54, 1.807) is 6.07 Å². The van der Waals surface area contributed by atoms with E-state index < -0.39 is 5.97 Å². The highest BCUT2D eigenvalue weighted by Crippen LogP contribution is 2.21. The Hall–Kier alpha value is -2.02. The van der Waals surface area contributed by atoms with E-state index >= 15 is 0 Å². The number of nitrogens with one attached hydrogen (secondary N) is 1. The van der Waals surface area contributed by atoms with Crippen molar-refractivity contribution in [1.29, 1.82) is 5.26 Å². The molecule has 0 fully saturated rings. The summed E-state index contributed by atoms with van der Waals surface area (Å²) in [6.07, 6.45) is 0.0382. The first kappa shape index (κ1) is 14.0. The number of rotatable bonds is 5. The monoisotopic (exact) mass is 246 g/mol. The highest BCUT2D eigenvalue weighted by Gasteiger charge is 2.18. The Kier molecular flexibility index (Phi) is 4.73. The number of carbonyl (C=O) groups is 1. The van der Waals surface area contributed by atoms with Gasteiger partial charge in [0.25, 0.3) is 0 Å². The fraction of sp³-hybridized carbons (Fsp3) is 0.429. The van der Waals surface area contributed by atoms with Crippen molar-refractivity contribution in [2.45, 2.75) is 33.2 Å². The second kappa shape index (κ2) is 6.06. The van der Waals surface area contributed by atoms with Crippen molar-refractivity contribution in [3.8, 4) is 6.07 Å². The zero-order valence-electron chi connectivity index (χ0n) is 10.9. The molecule has 0 saturated heterocycles. The average molecular weight is 246 g/mol. The lowest BCUT2D eigenvalue weighted by atomic mass is 9.99. The van der Waals surface area contributed by atoms with Gasteiger partial charge in [0.1, 0.15) is 6.07 Å². The van der Waals surface area contributed by atoms with Crippen LogP contribution in [0.25, 0.3) is 0 Å². The summed E-state index contributed by atoms with van der Waals surface area (Å²) in [6, 6.07) is 7.41. The van der Waals surface area contributed by atoms with Gasteiger partial charge in [-0.2, -0.15) is 5.26 Å². The minimum absolute atomic E-state index is 0.0382. The predicted octanol–water partition coefficient (Wildman–Crippen LogP) is 2.78. The van der Waals surface area contributed by atoms with Gasteiger partial charge in [-0.1, -0.05) is 19.9 Å². The van der Waals surface area contributed by atoms with Crippen LogP contribution in [0.4, 0.5) is 5.69 Å². The van der Waals surface area contributed by atoms with Crippen LogP contribution in [0.3, 0.4) is 0 Å². The first-order chi connectivity index (χ1) is 8.43. The fourth-order valence-electron chi connectivity index (χ4n) is 1.72. The normalized spacial score (nSPS) is 11.9. The second-order valence-corrected chi connectivity index (χ2v) is 4.75. The lowest BCUT2D eigenvalue weighted by Gasteiger charge is -2.22. The predicted molar refractivity (Wildman–Crippen MR) is 70.4 cm³/mol. The number of anilines is 1. The van der Waals surface area contributed by atoms with Gasteiger partial charge in [0.05, 0.1) is 17.7 Å². The molecule has 0 aliphatic heterocycles. The molecule has 2 N–H and O–H groups in total. The van der Waals surface area contributed by atoms with Crippen molar-refractivity contribution in [1.82, 2.24) is 0 Å². The number of nitriles is 1. The minimum Gasteiger partial charge on any atom is -0.481 e. The Bertz CT molecular complexity index is 475.